The fourth-order valence-electron chi connectivity index (χ4n) is 3.53. The molecule has 0 aromatic carbocycles. The Morgan fingerprint density at radius 2 is 2.10 bits per heavy atom. The Bertz CT molecular complexity index is 779. The van der Waals surface area contributed by atoms with Crippen LogP contribution in [0, 0.1) is 12.7 Å². The third-order valence-corrected chi connectivity index (χ3v) is 5.33. The van der Waals surface area contributed by atoms with Crippen molar-refractivity contribution in [1.29, 1.82) is 0 Å². The van der Waals surface area contributed by atoms with Gasteiger partial charge in [-0.1, -0.05) is 0 Å². The summed E-state index contributed by atoms with van der Waals surface area (Å²) in [5, 5.41) is 9.24. The minimum absolute atomic E-state index is 0.0276. The summed E-state index contributed by atoms with van der Waals surface area (Å²) in [5.41, 5.74) is 5.13. The highest BCUT2D eigenvalue weighted by Gasteiger charge is 2.25. The van der Waals surface area contributed by atoms with Gasteiger partial charge in [-0.2, -0.15) is 0 Å². The highest BCUT2D eigenvalue weighted by molar-refractivity contribution is 5.67. The molecule has 0 aliphatic carbocycles. The molecule has 1 aromatic heterocycles. The second-order valence-electron chi connectivity index (χ2n) is 7.96. The molecule has 166 valence electrons. The Balaban J connectivity index is 1.45. The molecule has 9 heteroatoms. The number of hydrogen-bond donors (Lipinski definition) is 2. The van der Waals surface area contributed by atoms with Crippen LogP contribution in [0.5, 0.6) is 0 Å². The minimum Gasteiger partial charge on any atom is -0.447 e. The second-order valence-corrected chi connectivity index (χ2v) is 7.96. The van der Waals surface area contributed by atoms with Gasteiger partial charge in [0.15, 0.2) is 11.6 Å². The Morgan fingerprint density at radius 1 is 1.37 bits per heavy atom. The number of aliphatic hydroxyl groups excluding tert-OH is 1. The molecule has 2 aliphatic heterocycles. The van der Waals surface area contributed by atoms with Gasteiger partial charge in [0.1, 0.15) is 0 Å². The van der Waals surface area contributed by atoms with Gasteiger partial charge in [0.25, 0.3) is 0 Å². The van der Waals surface area contributed by atoms with E-state index >= 15 is 0 Å². The molecule has 1 amide bonds. The van der Waals surface area contributed by atoms with Crippen LogP contribution < -0.4 is 10.4 Å². The number of hydroxylamine groups is 1. The zero-order chi connectivity index (χ0) is 21.7. The van der Waals surface area contributed by atoms with Crippen LogP contribution in [0.1, 0.15) is 44.4 Å². The summed E-state index contributed by atoms with van der Waals surface area (Å²) < 4.78 is 19.6. The molecule has 0 radical (unpaired) electrons. The lowest BCUT2D eigenvalue weighted by atomic mass is 10.1. The smallest absolute Gasteiger partial charge is 0.410 e. The number of aromatic nitrogens is 1. The SMILES string of the molecule is Cc1nc(N2CC=C(NOC3CCN(C(=O)OC(C)C)CC3)CC2)c(F)cc1CO. The quantitative estimate of drug-likeness (QED) is 0.682. The first-order valence-corrected chi connectivity index (χ1v) is 10.5. The standard InChI is InChI=1S/C21H31FN4O4/c1-14(2)29-21(28)26-10-6-18(7-11-26)30-24-17-4-8-25(9-5-17)20-19(22)12-16(13-27)15(3)23-20/h4,12,14,18,24,27H,5-11,13H2,1-3H3. The molecule has 0 spiro atoms. The summed E-state index contributed by atoms with van der Waals surface area (Å²) in [4.78, 5) is 25.6. The number of carbonyl (C=O) groups is 1. The topological polar surface area (TPSA) is 87.2 Å². The van der Waals surface area contributed by atoms with E-state index in [2.05, 4.69) is 10.5 Å². The van der Waals surface area contributed by atoms with Crippen LogP contribution in [0.3, 0.4) is 0 Å². The molecule has 1 saturated heterocycles. The first-order chi connectivity index (χ1) is 14.4. The molecule has 0 unspecified atom stereocenters. The molecule has 1 aromatic rings. The van der Waals surface area contributed by atoms with Gasteiger partial charge < -0.3 is 19.6 Å². The zero-order valence-corrected chi connectivity index (χ0v) is 17.9. The summed E-state index contributed by atoms with van der Waals surface area (Å²) in [6, 6.07) is 1.35. The highest BCUT2D eigenvalue weighted by atomic mass is 19.1. The number of nitrogens with zero attached hydrogens (tertiary/aromatic N) is 3. The Kier molecular flexibility index (Phi) is 7.49. The Morgan fingerprint density at radius 3 is 2.70 bits per heavy atom. The first kappa shape index (κ1) is 22.3. The van der Waals surface area contributed by atoms with Gasteiger partial charge in [0.05, 0.1) is 18.8 Å². The van der Waals surface area contributed by atoms with Gasteiger partial charge in [-0.05, 0) is 45.8 Å². The average molecular weight is 423 g/mol. The molecule has 8 nitrogen and oxygen atoms in total. The van der Waals surface area contributed by atoms with Crippen molar-refractivity contribution in [2.75, 3.05) is 31.1 Å². The summed E-state index contributed by atoms with van der Waals surface area (Å²) in [6.45, 7) is 7.58. The number of hydrogen-bond acceptors (Lipinski definition) is 7. The largest absolute Gasteiger partial charge is 0.447 e. The van der Waals surface area contributed by atoms with E-state index in [-0.39, 0.29) is 24.9 Å². The van der Waals surface area contributed by atoms with E-state index in [1.807, 2.05) is 24.8 Å². The first-order valence-electron chi connectivity index (χ1n) is 10.5. The van der Waals surface area contributed by atoms with Crippen LogP contribution in [0.4, 0.5) is 15.0 Å². The van der Waals surface area contributed by atoms with E-state index < -0.39 is 5.82 Å². The third-order valence-electron chi connectivity index (χ3n) is 5.33. The predicted molar refractivity (Wildman–Crippen MR) is 110 cm³/mol. The van der Waals surface area contributed by atoms with Crippen molar-refractivity contribution >= 4 is 11.9 Å². The lowest BCUT2D eigenvalue weighted by Gasteiger charge is -2.32. The van der Waals surface area contributed by atoms with Gasteiger partial charge in [0.2, 0.25) is 0 Å². The maximum absolute atomic E-state index is 14.3. The van der Waals surface area contributed by atoms with Crippen LogP contribution in [-0.4, -0.2) is 59.5 Å². The Hall–Kier alpha value is -2.39. The van der Waals surface area contributed by atoms with Crippen molar-refractivity contribution in [2.45, 2.75) is 58.8 Å². The summed E-state index contributed by atoms with van der Waals surface area (Å²) in [5.74, 6) is -0.116. The van der Waals surface area contributed by atoms with Crippen LogP contribution in [-0.2, 0) is 16.2 Å². The fourth-order valence-corrected chi connectivity index (χ4v) is 3.53. The minimum atomic E-state index is -0.423. The molecule has 3 rings (SSSR count). The lowest BCUT2D eigenvalue weighted by Crippen LogP contribution is -2.43. The highest BCUT2D eigenvalue weighted by Crippen LogP contribution is 2.23. The van der Waals surface area contributed by atoms with E-state index in [4.69, 9.17) is 9.57 Å². The molecular weight excluding hydrogens is 391 g/mol. The van der Waals surface area contributed by atoms with Gasteiger partial charge >= 0.3 is 6.09 Å². The lowest BCUT2D eigenvalue weighted by molar-refractivity contribution is -0.0416. The maximum atomic E-state index is 14.3. The van der Waals surface area contributed by atoms with Crippen LogP contribution in [0.2, 0.25) is 0 Å². The average Bonchev–Trinajstić information content (AvgIpc) is 2.74. The number of halogens is 1. The maximum Gasteiger partial charge on any atom is 0.410 e. The third kappa shape index (κ3) is 5.60. The molecule has 0 saturated carbocycles. The number of rotatable bonds is 6. The molecule has 2 aliphatic rings. The van der Waals surface area contributed by atoms with E-state index in [9.17, 15) is 14.3 Å². The van der Waals surface area contributed by atoms with Gasteiger partial charge in [0, 0.05) is 49.6 Å². The van der Waals surface area contributed by atoms with Gasteiger partial charge in [-0.15, -0.1) is 0 Å². The number of nitrogens with one attached hydrogen (secondary N) is 1. The van der Waals surface area contributed by atoms with Crippen LogP contribution in [0.25, 0.3) is 0 Å². The van der Waals surface area contributed by atoms with E-state index in [0.717, 1.165) is 18.5 Å². The molecule has 2 N–H and O–H groups in total. The number of pyridine rings is 1. The Labute approximate surface area is 176 Å². The van der Waals surface area contributed by atoms with Crippen molar-refractivity contribution in [2.24, 2.45) is 0 Å². The zero-order valence-electron chi connectivity index (χ0n) is 17.9. The fraction of sp³-hybridized carbons (Fsp3) is 0.619. The van der Waals surface area contributed by atoms with Crippen molar-refractivity contribution in [3.05, 3.63) is 34.9 Å². The molecule has 3 heterocycles. The number of piperidine rings is 1. The van der Waals surface area contributed by atoms with Gasteiger partial charge in [-0.3, -0.25) is 10.3 Å². The van der Waals surface area contributed by atoms with E-state index in [1.54, 1.807) is 11.8 Å². The van der Waals surface area contributed by atoms with Crippen molar-refractivity contribution in [1.82, 2.24) is 15.4 Å². The molecular formula is C21H31FN4O4. The van der Waals surface area contributed by atoms with Crippen LogP contribution >= 0.6 is 0 Å². The number of aliphatic hydroxyl groups is 1. The second kappa shape index (κ2) is 10.1. The van der Waals surface area contributed by atoms with E-state index in [0.29, 0.717) is 49.7 Å². The van der Waals surface area contributed by atoms with Crippen molar-refractivity contribution < 1.29 is 23.9 Å². The van der Waals surface area contributed by atoms with E-state index in [1.165, 1.54) is 6.07 Å². The summed E-state index contributed by atoms with van der Waals surface area (Å²) in [6.07, 6.45) is 3.77. The van der Waals surface area contributed by atoms with Crippen LogP contribution in [0.15, 0.2) is 17.8 Å². The number of anilines is 1. The van der Waals surface area contributed by atoms with Gasteiger partial charge in [-0.25, -0.2) is 14.2 Å². The van der Waals surface area contributed by atoms with Crippen molar-refractivity contribution in [3.63, 3.8) is 0 Å². The number of amides is 1. The normalized spacial score (nSPS) is 17.9. The number of carbonyl (C=O) groups excluding carboxylic acids is 1. The summed E-state index contributed by atoms with van der Waals surface area (Å²) in [7, 11) is 0. The molecule has 0 atom stereocenters. The number of ether oxygens (including phenoxy) is 1. The molecule has 0 bridgehead atoms. The molecule has 30 heavy (non-hydrogen) atoms. The monoisotopic (exact) mass is 422 g/mol. The molecule has 1 fully saturated rings. The van der Waals surface area contributed by atoms with Crippen molar-refractivity contribution in [3.8, 4) is 0 Å². The number of likely N-dealkylation sites (tertiary alicyclic amines) is 1. The summed E-state index contributed by atoms with van der Waals surface area (Å²) >= 11 is 0. The predicted octanol–water partition coefficient (Wildman–Crippen LogP) is 2.65. The number of aryl methyl sites for hydroxylation is 1.